The molecule has 0 aliphatic rings. The number of rotatable bonds is 12. The van der Waals surface area contributed by atoms with Crippen molar-refractivity contribution in [3.05, 3.63) is 35.4 Å². The first-order chi connectivity index (χ1) is 13.5. The van der Waals surface area contributed by atoms with E-state index in [-0.39, 0.29) is 37.2 Å². The van der Waals surface area contributed by atoms with Gasteiger partial charge in [0.05, 0.1) is 11.3 Å². The third-order valence-corrected chi connectivity index (χ3v) is 4.71. The number of carbonyl (C=O) groups is 4. The first-order valence-electron chi connectivity index (χ1n) is 10.1. The smallest absolute Gasteiger partial charge is 0.309 e. The van der Waals surface area contributed by atoms with Gasteiger partial charge in [-0.05, 0) is 37.8 Å². The molecule has 0 saturated carbocycles. The predicted octanol–water partition coefficient (Wildman–Crippen LogP) is 4.33. The number of Topliss-reactive ketones (excluding diaryl/α,β-unsaturated/α-hetero) is 2. The summed E-state index contributed by atoms with van der Waals surface area (Å²) in [5.41, 5.74) is 0.730. The Kier molecular flexibility index (Phi) is 11.8. The molecular formula is C23H34O6. The summed E-state index contributed by atoms with van der Waals surface area (Å²) in [6, 6.07) is 7.18. The molecule has 0 fully saturated rings. The van der Waals surface area contributed by atoms with Crippen molar-refractivity contribution in [3.63, 3.8) is 0 Å². The van der Waals surface area contributed by atoms with Crippen molar-refractivity contribution in [2.24, 2.45) is 11.3 Å². The van der Waals surface area contributed by atoms with Gasteiger partial charge in [-0.15, -0.1) is 0 Å². The van der Waals surface area contributed by atoms with Crippen molar-refractivity contribution in [1.82, 2.24) is 0 Å². The largest absolute Gasteiger partial charge is 0.481 e. The van der Waals surface area contributed by atoms with Crippen molar-refractivity contribution in [3.8, 4) is 0 Å². The summed E-state index contributed by atoms with van der Waals surface area (Å²) in [6.07, 6.45) is 1.54. The second-order valence-electron chi connectivity index (χ2n) is 7.71. The topological polar surface area (TPSA) is 109 Å². The summed E-state index contributed by atoms with van der Waals surface area (Å²) >= 11 is 0. The van der Waals surface area contributed by atoms with Crippen molar-refractivity contribution in [2.45, 2.75) is 73.1 Å². The molecule has 1 atom stereocenters. The molecule has 1 aromatic carbocycles. The Morgan fingerprint density at radius 3 is 1.66 bits per heavy atom. The molecule has 0 amide bonds. The van der Waals surface area contributed by atoms with Crippen molar-refractivity contribution < 1.29 is 29.4 Å². The number of aliphatic carboxylic acids is 2. The zero-order chi connectivity index (χ0) is 22.6. The molecule has 0 heterocycles. The van der Waals surface area contributed by atoms with Gasteiger partial charge < -0.3 is 10.2 Å². The number of carboxylic acid groups (broad SMARTS) is 2. The van der Waals surface area contributed by atoms with Gasteiger partial charge in [-0.3, -0.25) is 19.2 Å². The van der Waals surface area contributed by atoms with E-state index in [1.54, 1.807) is 45.0 Å². The van der Waals surface area contributed by atoms with Crippen LogP contribution in [0, 0.1) is 11.3 Å². The van der Waals surface area contributed by atoms with Gasteiger partial charge in [0.15, 0.2) is 0 Å². The van der Waals surface area contributed by atoms with Gasteiger partial charge in [0, 0.05) is 25.7 Å². The van der Waals surface area contributed by atoms with Crippen LogP contribution >= 0.6 is 0 Å². The average Bonchev–Trinajstić information content (AvgIpc) is 2.67. The Balaban J connectivity index is 0.00000379. The molecule has 0 aromatic heterocycles. The minimum Gasteiger partial charge on any atom is -0.481 e. The first kappa shape index (κ1) is 26.5. The van der Waals surface area contributed by atoms with Crippen LogP contribution < -0.4 is 0 Å². The predicted molar refractivity (Wildman–Crippen MR) is 112 cm³/mol. The van der Waals surface area contributed by atoms with Gasteiger partial charge in [-0.25, -0.2) is 0 Å². The van der Waals surface area contributed by atoms with Crippen LogP contribution in [0.4, 0.5) is 0 Å². The number of hydrogen-bond donors (Lipinski definition) is 2. The first-order valence-corrected chi connectivity index (χ1v) is 10.1. The van der Waals surface area contributed by atoms with Gasteiger partial charge in [0.25, 0.3) is 0 Å². The zero-order valence-corrected chi connectivity index (χ0v) is 18.2. The third kappa shape index (κ3) is 10.6. The molecular weight excluding hydrogens is 372 g/mol. The average molecular weight is 407 g/mol. The van der Waals surface area contributed by atoms with Crippen LogP contribution in [-0.4, -0.2) is 33.7 Å². The molecule has 0 radical (unpaired) electrons. The number of carbonyl (C=O) groups excluding carboxylic acids is 2. The maximum Gasteiger partial charge on any atom is 0.309 e. The Hall–Kier alpha value is -2.50. The lowest BCUT2D eigenvalue weighted by atomic mass is 9.86. The number of benzene rings is 1. The number of hydrogen-bond acceptors (Lipinski definition) is 4. The van der Waals surface area contributed by atoms with Gasteiger partial charge in [0.2, 0.25) is 0 Å². The van der Waals surface area contributed by atoms with Crippen molar-refractivity contribution in [1.29, 1.82) is 0 Å². The third-order valence-electron chi connectivity index (χ3n) is 4.71. The van der Waals surface area contributed by atoms with E-state index in [9.17, 15) is 19.2 Å². The van der Waals surface area contributed by atoms with Gasteiger partial charge in [-0.1, -0.05) is 45.0 Å². The fraction of sp³-hybridized carbons (Fsp3) is 0.565. The fourth-order valence-electron chi connectivity index (χ4n) is 2.47. The maximum atomic E-state index is 12.1. The van der Waals surface area contributed by atoms with E-state index in [1.165, 1.54) is 0 Å². The molecule has 2 N–H and O–H groups in total. The number of carboxylic acids is 2. The van der Waals surface area contributed by atoms with E-state index in [0.29, 0.717) is 12.8 Å². The molecule has 6 nitrogen and oxygen atoms in total. The lowest BCUT2D eigenvalue weighted by molar-refractivity contribution is -0.147. The molecule has 0 aliphatic carbocycles. The van der Waals surface area contributed by atoms with Crippen LogP contribution in [-0.2, 0) is 32.0 Å². The monoisotopic (exact) mass is 406 g/mol. The molecule has 0 spiro atoms. The van der Waals surface area contributed by atoms with Crippen LogP contribution in [0.25, 0.3) is 0 Å². The molecule has 1 unspecified atom stereocenters. The molecule has 1 rings (SSSR count). The van der Waals surface area contributed by atoms with Crippen LogP contribution in [0.2, 0.25) is 0 Å². The van der Waals surface area contributed by atoms with Crippen molar-refractivity contribution >= 4 is 23.5 Å². The molecule has 29 heavy (non-hydrogen) atoms. The van der Waals surface area contributed by atoms with E-state index in [2.05, 4.69) is 0 Å². The van der Waals surface area contributed by atoms with Crippen LogP contribution in [0.3, 0.4) is 0 Å². The standard InChI is InChI=1S/C21H28O6.C2H6/c1-14(19(24)25)4-9-17(22)12-15-5-7-16(8-6-15)13-18(23)10-11-21(2,3)20(26)27;1-2/h5-8,14H,4,9-13H2,1-3H3,(H,24,25)(H,26,27);1-2H3. The molecule has 1 aromatic rings. The molecule has 0 bridgehead atoms. The molecule has 0 saturated heterocycles. The summed E-state index contributed by atoms with van der Waals surface area (Å²) in [6.45, 7) is 8.79. The van der Waals surface area contributed by atoms with E-state index < -0.39 is 23.3 Å². The van der Waals surface area contributed by atoms with Crippen LogP contribution in [0.5, 0.6) is 0 Å². The Bertz CT molecular complexity index is 688. The Morgan fingerprint density at radius 2 is 1.28 bits per heavy atom. The molecule has 6 heteroatoms. The second kappa shape index (κ2) is 12.9. The summed E-state index contributed by atoms with van der Waals surface area (Å²) in [5.74, 6) is -2.38. The Morgan fingerprint density at radius 1 is 0.862 bits per heavy atom. The highest BCUT2D eigenvalue weighted by Gasteiger charge is 2.27. The van der Waals surface area contributed by atoms with Crippen LogP contribution in [0.15, 0.2) is 24.3 Å². The summed E-state index contributed by atoms with van der Waals surface area (Å²) in [4.78, 5) is 45.8. The highest BCUT2D eigenvalue weighted by Crippen LogP contribution is 2.23. The normalized spacial score (nSPS) is 11.8. The molecule has 0 aliphatic heterocycles. The van der Waals surface area contributed by atoms with Crippen molar-refractivity contribution in [2.75, 3.05) is 0 Å². The zero-order valence-electron chi connectivity index (χ0n) is 18.2. The lowest BCUT2D eigenvalue weighted by Gasteiger charge is -2.18. The van der Waals surface area contributed by atoms with E-state index in [4.69, 9.17) is 10.2 Å². The Labute approximate surface area is 173 Å². The second-order valence-corrected chi connectivity index (χ2v) is 7.71. The van der Waals surface area contributed by atoms with Gasteiger partial charge in [0.1, 0.15) is 11.6 Å². The highest BCUT2D eigenvalue weighted by atomic mass is 16.4. The lowest BCUT2D eigenvalue weighted by Crippen LogP contribution is -2.24. The highest BCUT2D eigenvalue weighted by molar-refractivity contribution is 5.83. The summed E-state index contributed by atoms with van der Waals surface area (Å²) in [7, 11) is 0. The quantitative estimate of drug-likeness (QED) is 0.535. The minimum atomic E-state index is -0.919. The van der Waals surface area contributed by atoms with Crippen LogP contribution in [0.1, 0.15) is 71.4 Å². The molecule has 162 valence electrons. The van der Waals surface area contributed by atoms with Gasteiger partial charge >= 0.3 is 11.9 Å². The summed E-state index contributed by atoms with van der Waals surface area (Å²) in [5, 5.41) is 17.9. The van der Waals surface area contributed by atoms with E-state index in [0.717, 1.165) is 11.1 Å². The maximum absolute atomic E-state index is 12.1. The van der Waals surface area contributed by atoms with Gasteiger partial charge in [-0.2, -0.15) is 0 Å². The van der Waals surface area contributed by atoms with E-state index in [1.807, 2.05) is 13.8 Å². The van der Waals surface area contributed by atoms with E-state index >= 15 is 0 Å². The number of ketones is 2. The fourth-order valence-corrected chi connectivity index (χ4v) is 2.47. The minimum absolute atomic E-state index is 0.0113. The summed E-state index contributed by atoms with van der Waals surface area (Å²) < 4.78 is 0. The SMILES string of the molecule is CC.CC(CCC(=O)Cc1ccc(CC(=O)CCC(C)(C)C(=O)O)cc1)C(=O)O.